The van der Waals surface area contributed by atoms with Crippen molar-refractivity contribution in [2.45, 2.75) is 133 Å². The third-order valence-corrected chi connectivity index (χ3v) is 13.6. The second-order valence-corrected chi connectivity index (χ2v) is 17.0. The molecule has 3 N–H and O–H groups in total. The van der Waals surface area contributed by atoms with Gasteiger partial charge in [-0.25, -0.2) is 0 Å². The molecule has 1 spiro atoms. The van der Waals surface area contributed by atoms with Gasteiger partial charge >= 0.3 is 0 Å². The van der Waals surface area contributed by atoms with Crippen LogP contribution < -0.4 is 0 Å². The van der Waals surface area contributed by atoms with Crippen LogP contribution in [0.4, 0.5) is 0 Å². The Morgan fingerprint density at radius 3 is 2.45 bits per heavy atom. The van der Waals surface area contributed by atoms with Crippen molar-refractivity contribution in [1.29, 1.82) is 0 Å². The van der Waals surface area contributed by atoms with Crippen molar-refractivity contribution in [2.75, 3.05) is 0 Å². The zero-order valence-electron chi connectivity index (χ0n) is 27.2. The number of ether oxygens (including phenoxy) is 3. The van der Waals surface area contributed by atoms with E-state index >= 15 is 0 Å². The minimum Gasteiger partial charge on any atom is -0.388 e. The van der Waals surface area contributed by atoms with Crippen LogP contribution in [0, 0.1) is 17.3 Å². The van der Waals surface area contributed by atoms with Crippen LogP contribution in [-0.2, 0) is 30.8 Å². The summed E-state index contributed by atoms with van der Waals surface area (Å²) in [7, 11) is 0. The first-order chi connectivity index (χ1) is 20.4. The number of nitrogens with one attached hydrogen (secondary N) is 1. The van der Waals surface area contributed by atoms with E-state index in [2.05, 4.69) is 64.7 Å². The first-order valence-corrected chi connectivity index (χ1v) is 16.5. The quantitative estimate of drug-likeness (QED) is 0.346. The van der Waals surface area contributed by atoms with Gasteiger partial charge in [-0.05, 0) is 120 Å². The fraction of sp³-hybridized carbons (Fsp3) is 0.649. The number of aromatic amines is 1. The van der Waals surface area contributed by atoms with Crippen LogP contribution >= 0.6 is 0 Å². The molecule has 8 atom stereocenters. The van der Waals surface area contributed by atoms with Gasteiger partial charge in [-0.2, -0.15) is 0 Å². The maximum Gasteiger partial charge on any atom is 0.195 e. The van der Waals surface area contributed by atoms with Gasteiger partial charge in [0.1, 0.15) is 5.60 Å². The highest BCUT2D eigenvalue weighted by molar-refractivity contribution is 5.97. The molecule has 2 aromatic rings. The number of hydrogen-bond acceptors (Lipinski definition) is 6. The van der Waals surface area contributed by atoms with E-state index in [-0.39, 0.29) is 17.1 Å². The van der Waals surface area contributed by atoms with Crippen molar-refractivity contribution < 1.29 is 29.2 Å². The van der Waals surface area contributed by atoms with Crippen molar-refractivity contribution in [1.82, 2.24) is 4.98 Å². The molecule has 7 heteroatoms. The Bertz CT molecular complexity index is 1780. The maximum absolute atomic E-state index is 13.3. The maximum atomic E-state index is 13.3. The average molecular weight is 600 g/mol. The third kappa shape index (κ3) is 2.92. The number of H-pyrrole nitrogens is 1. The summed E-state index contributed by atoms with van der Waals surface area (Å²) in [5.74, 6) is -0.933. The van der Waals surface area contributed by atoms with Gasteiger partial charge in [-0.1, -0.05) is 13.8 Å². The van der Waals surface area contributed by atoms with Crippen LogP contribution in [-0.4, -0.2) is 55.3 Å². The lowest BCUT2D eigenvalue weighted by Gasteiger charge is -2.65. The minimum absolute atomic E-state index is 0.110. The molecule has 0 amide bonds. The molecule has 1 aromatic heterocycles. The van der Waals surface area contributed by atoms with Crippen LogP contribution in [0.15, 0.2) is 29.9 Å². The summed E-state index contributed by atoms with van der Waals surface area (Å²) in [6, 6.07) is 4.47. The Morgan fingerprint density at radius 1 is 0.955 bits per heavy atom. The zero-order chi connectivity index (χ0) is 31.2. The lowest BCUT2D eigenvalue weighted by molar-refractivity contribution is -0.247. The average Bonchev–Trinajstić information content (AvgIpc) is 3.57. The number of ketones is 1. The van der Waals surface area contributed by atoms with E-state index in [0.717, 1.165) is 35.1 Å². The van der Waals surface area contributed by atoms with Gasteiger partial charge < -0.3 is 29.4 Å². The Kier molecular flexibility index (Phi) is 4.85. The van der Waals surface area contributed by atoms with E-state index in [1.54, 1.807) is 6.08 Å². The number of fused-ring (bicyclic) bond motifs is 12. The highest BCUT2D eigenvalue weighted by atomic mass is 16.8. The number of aromatic nitrogens is 1. The first-order valence-electron chi connectivity index (χ1n) is 16.5. The molecule has 9 rings (SSSR count). The van der Waals surface area contributed by atoms with E-state index in [1.807, 2.05) is 13.8 Å². The summed E-state index contributed by atoms with van der Waals surface area (Å²) in [5.41, 5.74) is 3.61. The Morgan fingerprint density at radius 2 is 1.70 bits per heavy atom. The van der Waals surface area contributed by atoms with Crippen LogP contribution in [0.5, 0.6) is 0 Å². The van der Waals surface area contributed by atoms with Gasteiger partial charge in [0.25, 0.3) is 0 Å². The number of hydrogen-bond donors (Lipinski definition) is 3. The molecule has 234 valence electrons. The predicted molar refractivity (Wildman–Crippen MR) is 166 cm³/mol. The highest BCUT2D eigenvalue weighted by Crippen LogP contribution is 2.72. The smallest absolute Gasteiger partial charge is 0.195 e. The zero-order valence-corrected chi connectivity index (χ0v) is 27.2. The van der Waals surface area contributed by atoms with Crippen LogP contribution in [0.2, 0.25) is 0 Å². The normalized spacial score (nSPS) is 45.1. The molecule has 44 heavy (non-hydrogen) atoms. The van der Waals surface area contributed by atoms with E-state index < -0.39 is 45.8 Å². The van der Waals surface area contributed by atoms with Crippen LogP contribution in [0.3, 0.4) is 0 Å². The van der Waals surface area contributed by atoms with Gasteiger partial charge in [0.2, 0.25) is 0 Å². The van der Waals surface area contributed by atoms with Gasteiger partial charge in [-0.15, -0.1) is 0 Å². The molecular weight excluding hydrogens is 554 g/mol. The topological polar surface area (TPSA) is 101 Å². The number of carbonyl (C=O) groups is 1. The SMILES string of the molecule is CC1(C)C=C2c3cc4[nH]c5c(c4cc3C(O)C2C(C)(C)O1)C[C@@H]1CC[C@@]2(O)C3=CC(=O)[C@@H]4O[C@@]3(CC[C@]2(C)[C@@]51C)OC4(C)C. The molecule has 3 fully saturated rings. The lowest BCUT2D eigenvalue weighted by atomic mass is 9.42. The second kappa shape index (κ2) is 7.63. The molecule has 4 heterocycles. The van der Waals surface area contributed by atoms with E-state index in [4.69, 9.17) is 14.2 Å². The summed E-state index contributed by atoms with van der Waals surface area (Å²) in [4.78, 5) is 17.2. The molecule has 2 saturated carbocycles. The van der Waals surface area contributed by atoms with Gasteiger partial charge in [0.15, 0.2) is 17.7 Å². The second-order valence-electron chi connectivity index (χ2n) is 17.0. The summed E-state index contributed by atoms with van der Waals surface area (Å²) in [6.07, 6.45) is 6.24. The molecular formula is C37H45NO6. The largest absolute Gasteiger partial charge is 0.388 e. The summed E-state index contributed by atoms with van der Waals surface area (Å²) >= 11 is 0. The number of aliphatic hydroxyl groups excluding tert-OH is 1. The fourth-order valence-corrected chi connectivity index (χ4v) is 11.6. The van der Waals surface area contributed by atoms with E-state index in [9.17, 15) is 15.0 Å². The molecule has 1 aromatic carbocycles. The molecule has 7 nitrogen and oxygen atoms in total. The third-order valence-electron chi connectivity index (χ3n) is 13.6. The van der Waals surface area contributed by atoms with Crippen LogP contribution in [0.1, 0.15) is 110 Å². The van der Waals surface area contributed by atoms with Gasteiger partial charge in [0.05, 0.1) is 22.9 Å². The summed E-state index contributed by atoms with van der Waals surface area (Å²) in [5, 5.41) is 25.8. The summed E-state index contributed by atoms with van der Waals surface area (Å²) < 4.78 is 19.4. The summed E-state index contributed by atoms with van der Waals surface area (Å²) in [6.45, 7) is 16.7. The van der Waals surface area contributed by atoms with E-state index in [0.29, 0.717) is 30.8 Å². The number of rotatable bonds is 0. The molecule has 1 saturated heterocycles. The highest BCUT2D eigenvalue weighted by Gasteiger charge is 2.75. The minimum atomic E-state index is -1.24. The molecule has 2 bridgehead atoms. The van der Waals surface area contributed by atoms with Crippen molar-refractivity contribution in [2.24, 2.45) is 17.3 Å². The van der Waals surface area contributed by atoms with Crippen molar-refractivity contribution in [3.63, 3.8) is 0 Å². The van der Waals surface area contributed by atoms with Crippen molar-refractivity contribution >= 4 is 22.3 Å². The van der Waals surface area contributed by atoms with E-state index in [1.165, 1.54) is 16.6 Å². The van der Waals surface area contributed by atoms with Crippen molar-refractivity contribution in [3.8, 4) is 0 Å². The number of aliphatic hydroxyl groups is 2. The van der Waals surface area contributed by atoms with Gasteiger partial charge in [0, 0.05) is 45.3 Å². The Labute approximate surface area is 259 Å². The standard InChI is InChI=1S/C37H45NO6/c1-31(2)17-23-19-15-24-20(14-21(19)28(40)27(23)32(3,4)43-31)22-13-18-9-10-36(41)26-16-25(39)30-33(5,6)44-37(26,42-30)12-11-34(36,7)35(18,8)29(22)38-24/h14-18,27-28,30,38,40-41H,9-13H2,1-8H3/t18-,27?,28?,30-,34+,35+,36+,37-/m0/s1. The monoisotopic (exact) mass is 599 g/mol. The molecule has 2 unspecified atom stereocenters. The Hall–Kier alpha value is -2.29. The first kappa shape index (κ1) is 28.0. The molecule has 4 aliphatic carbocycles. The van der Waals surface area contributed by atoms with Crippen LogP contribution in [0.25, 0.3) is 16.5 Å². The predicted octanol–water partition coefficient (Wildman–Crippen LogP) is 5.96. The Balaban J connectivity index is 1.19. The van der Waals surface area contributed by atoms with Crippen molar-refractivity contribution in [3.05, 3.63) is 52.2 Å². The molecule has 0 radical (unpaired) electrons. The fourth-order valence-electron chi connectivity index (χ4n) is 11.6. The molecule has 3 aliphatic heterocycles. The molecule has 7 aliphatic rings. The lowest BCUT2D eigenvalue weighted by Crippen LogP contribution is -2.69. The van der Waals surface area contributed by atoms with Gasteiger partial charge in [-0.3, -0.25) is 4.79 Å². The number of carbonyl (C=O) groups excluding carboxylic acids is 1. The number of benzene rings is 1.